The van der Waals surface area contributed by atoms with Crippen molar-refractivity contribution in [3.8, 4) is 11.1 Å². The van der Waals surface area contributed by atoms with Crippen molar-refractivity contribution in [2.75, 3.05) is 24.5 Å². The van der Waals surface area contributed by atoms with E-state index in [4.69, 9.17) is 0 Å². The fourth-order valence-electron chi connectivity index (χ4n) is 3.98. The summed E-state index contributed by atoms with van der Waals surface area (Å²) in [4.78, 5) is 14.9. The van der Waals surface area contributed by atoms with Gasteiger partial charge < -0.3 is 10.2 Å². The van der Waals surface area contributed by atoms with Crippen molar-refractivity contribution >= 4 is 11.6 Å². The summed E-state index contributed by atoms with van der Waals surface area (Å²) in [5.74, 6) is 0.432. The molecule has 2 aromatic rings. The molecule has 2 aliphatic rings. The molecule has 0 spiro atoms. The number of fused-ring (bicyclic) bond motifs is 1. The van der Waals surface area contributed by atoms with E-state index in [9.17, 15) is 4.79 Å². The topological polar surface area (TPSA) is 32.3 Å². The van der Waals surface area contributed by atoms with Gasteiger partial charge in [0, 0.05) is 18.8 Å². The number of carbonyl (C=O) groups is 1. The highest BCUT2D eigenvalue weighted by molar-refractivity contribution is 5.98. The molecule has 2 aromatic carbocycles. The number of carbonyl (C=O) groups excluding carboxylic acids is 1. The second-order valence-corrected chi connectivity index (χ2v) is 6.79. The van der Waals surface area contributed by atoms with Gasteiger partial charge in [-0.25, -0.2) is 0 Å². The Bertz CT molecular complexity index is 762. The minimum Gasteiger partial charge on any atom is -0.316 e. The minimum absolute atomic E-state index is 0.142. The Labute approximate surface area is 143 Å². The quantitative estimate of drug-likeness (QED) is 0.940. The Hall–Kier alpha value is -2.13. The first kappa shape index (κ1) is 15.4. The van der Waals surface area contributed by atoms with E-state index in [2.05, 4.69) is 54.7 Å². The number of hydrogen-bond donors (Lipinski definition) is 1. The van der Waals surface area contributed by atoms with Crippen molar-refractivity contribution in [3.63, 3.8) is 0 Å². The Morgan fingerprint density at radius 1 is 1.25 bits per heavy atom. The van der Waals surface area contributed by atoms with E-state index >= 15 is 0 Å². The molecule has 1 unspecified atom stereocenters. The normalized spacial score (nSPS) is 19.5. The van der Waals surface area contributed by atoms with Crippen LogP contribution in [0.2, 0.25) is 0 Å². The summed E-state index contributed by atoms with van der Waals surface area (Å²) in [6.07, 6.45) is 2.96. The zero-order chi connectivity index (χ0) is 16.5. The fourth-order valence-corrected chi connectivity index (χ4v) is 3.98. The smallest absolute Gasteiger partial charge is 0.231 e. The van der Waals surface area contributed by atoms with E-state index in [1.54, 1.807) is 0 Å². The summed E-state index contributed by atoms with van der Waals surface area (Å²) in [7, 11) is 0. The van der Waals surface area contributed by atoms with E-state index in [1.165, 1.54) is 22.3 Å². The third kappa shape index (κ3) is 2.63. The molecule has 1 atom stereocenters. The maximum absolute atomic E-state index is 12.8. The van der Waals surface area contributed by atoms with Crippen LogP contribution in [0, 0.1) is 5.92 Å². The lowest BCUT2D eigenvalue weighted by Crippen LogP contribution is -2.35. The average molecular weight is 320 g/mol. The van der Waals surface area contributed by atoms with E-state index in [1.807, 2.05) is 4.90 Å². The molecule has 0 bridgehead atoms. The summed E-state index contributed by atoms with van der Waals surface area (Å²) in [6, 6.07) is 15.2. The maximum Gasteiger partial charge on any atom is 0.231 e. The van der Waals surface area contributed by atoms with Gasteiger partial charge >= 0.3 is 0 Å². The van der Waals surface area contributed by atoms with Gasteiger partial charge in [-0.2, -0.15) is 0 Å². The van der Waals surface area contributed by atoms with Crippen LogP contribution in [0.4, 0.5) is 5.69 Å². The van der Waals surface area contributed by atoms with Gasteiger partial charge in [-0.05, 0) is 54.1 Å². The fraction of sp³-hybridized carbons (Fsp3) is 0.381. The van der Waals surface area contributed by atoms with Crippen LogP contribution in [0.15, 0.2) is 42.5 Å². The summed E-state index contributed by atoms with van der Waals surface area (Å²) in [6.45, 7) is 4.78. The van der Waals surface area contributed by atoms with Crippen LogP contribution in [0.3, 0.4) is 0 Å². The molecule has 2 heterocycles. The van der Waals surface area contributed by atoms with Crippen molar-refractivity contribution in [1.29, 1.82) is 0 Å². The zero-order valence-electron chi connectivity index (χ0n) is 14.2. The third-order valence-electron chi connectivity index (χ3n) is 5.35. The van der Waals surface area contributed by atoms with E-state index < -0.39 is 0 Å². The molecule has 0 aromatic heterocycles. The van der Waals surface area contributed by atoms with Crippen molar-refractivity contribution in [3.05, 3.63) is 53.6 Å². The van der Waals surface area contributed by atoms with Gasteiger partial charge in [0.2, 0.25) is 5.91 Å². The SMILES string of the molecule is CCc1cccc(-c2cccc3c2CCN3C(=O)C2CCNC2)c1. The van der Waals surface area contributed by atoms with Crippen LogP contribution in [-0.2, 0) is 17.6 Å². The first-order chi connectivity index (χ1) is 11.8. The molecule has 1 saturated heterocycles. The predicted molar refractivity (Wildman–Crippen MR) is 98.3 cm³/mol. The van der Waals surface area contributed by atoms with Crippen LogP contribution >= 0.6 is 0 Å². The van der Waals surface area contributed by atoms with Gasteiger partial charge in [0.25, 0.3) is 0 Å². The largest absolute Gasteiger partial charge is 0.316 e. The first-order valence-electron chi connectivity index (χ1n) is 9.01. The van der Waals surface area contributed by atoms with Crippen LogP contribution < -0.4 is 10.2 Å². The van der Waals surface area contributed by atoms with E-state index in [0.29, 0.717) is 5.91 Å². The van der Waals surface area contributed by atoms with Gasteiger partial charge in [0.1, 0.15) is 0 Å². The van der Waals surface area contributed by atoms with Crippen molar-refractivity contribution < 1.29 is 4.79 Å². The Morgan fingerprint density at radius 2 is 2.12 bits per heavy atom. The molecule has 3 nitrogen and oxygen atoms in total. The van der Waals surface area contributed by atoms with Gasteiger partial charge in [-0.15, -0.1) is 0 Å². The number of benzene rings is 2. The molecule has 0 radical (unpaired) electrons. The molecule has 0 aliphatic carbocycles. The number of nitrogens with one attached hydrogen (secondary N) is 1. The standard InChI is InChI=1S/C21H24N2O/c1-2-15-5-3-6-16(13-15)18-7-4-8-20-19(18)10-12-23(20)21(24)17-9-11-22-14-17/h3-8,13,17,22H,2,9-12,14H2,1H3. The summed E-state index contributed by atoms with van der Waals surface area (Å²) in [5.41, 5.74) is 6.34. The van der Waals surface area contributed by atoms with Gasteiger partial charge in [-0.1, -0.05) is 43.3 Å². The van der Waals surface area contributed by atoms with E-state index in [0.717, 1.165) is 44.6 Å². The Balaban J connectivity index is 1.69. The molecule has 1 N–H and O–H groups in total. The molecule has 1 amide bonds. The summed E-state index contributed by atoms with van der Waals surface area (Å²) < 4.78 is 0. The van der Waals surface area contributed by atoms with Crippen molar-refractivity contribution in [2.45, 2.75) is 26.2 Å². The molecule has 124 valence electrons. The van der Waals surface area contributed by atoms with Crippen LogP contribution in [0.5, 0.6) is 0 Å². The molecule has 3 heteroatoms. The monoisotopic (exact) mass is 320 g/mol. The van der Waals surface area contributed by atoms with Crippen molar-refractivity contribution in [1.82, 2.24) is 5.32 Å². The molecular weight excluding hydrogens is 296 g/mol. The number of rotatable bonds is 3. The van der Waals surface area contributed by atoms with Gasteiger partial charge in [0.05, 0.1) is 5.92 Å². The highest BCUT2D eigenvalue weighted by Crippen LogP contribution is 2.37. The van der Waals surface area contributed by atoms with E-state index in [-0.39, 0.29) is 5.92 Å². The van der Waals surface area contributed by atoms with Crippen molar-refractivity contribution in [2.24, 2.45) is 5.92 Å². The molecule has 1 fully saturated rings. The highest BCUT2D eigenvalue weighted by atomic mass is 16.2. The predicted octanol–water partition coefficient (Wildman–Crippen LogP) is 3.41. The summed E-state index contributed by atoms with van der Waals surface area (Å²) in [5, 5.41) is 3.30. The second kappa shape index (κ2) is 6.40. The first-order valence-corrected chi connectivity index (χ1v) is 9.01. The lowest BCUT2D eigenvalue weighted by atomic mass is 9.96. The number of aryl methyl sites for hydroxylation is 1. The number of amides is 1. The average Bonchev–Trinajstić information content (AvgIpc) is 3.30. The molecule has 24 heavy (non-hydrogen) atoms. The highest BCUT2D eigenvalue weighted by Gasteiger charge is 2.32. The number of anilines is 1. The lowest BCUT2D eigenvalue weighted by Gasteiger charge is -2.21. The molecule has 0 saturated carbocycles. The molecule has 2 aliphatic heterocycles. The third-order valence-corrected chi connectivity index (χ3v) is 5.35. The second-order valence-electron chi connectivity index (χ2n) is 6.79. The maximum atomic E-state index is 12.8. The minimum atomic E-state index is 0.142. The van der Waals surface area contributed by atoms with Crippen LogP contribution in [0.25, 0.3) is 11.1 Å². The summed E-state index contributed by atoms with van der Waals surface area (Å²) >= 11 is 0. The van der Waals surface area contributed by atoms with Gasteiger partial charge in [0.15, 0.2) is 0 Å². The Morgan fingerprint density at radius 3 is 2.92 bits per heavy atom. The number of nitrogens with zero attached hydrogens (tertiary/aromatic N) is 1. The lowest BCUT2D eigenvalue weighted by molar-refractivity contribution is -0.121. The number of hydrogen-bond acceptors (Lipinski definition) is 2. The van der Waals surface area contributed by atoms with Gasteiger partial charge in [-0.3, -0.25) is 4.79 Å². The zero-order valence-corrected chi connectivity index (χ0v) is 14.2. The molecular formula is C21H24N2O. The molecule has 4 rings (SSSR count). The Kier molecular flexibility index (Phi) is 4.11. The van der Waals surface area contributed by atoms with Crippen LogP contribution in [-0.4, -0.2) is 25.5 Å². The van der Waals surface area contributed by atoms with Crippen LogP contribution in [0.1, 0.15) is 24.5 Å².